The summed E-state index contributed by atoms with van der Waals surface area (Å²) in [6.45, 7) is 16.6. The van der Waals surface area contributed by atoms with Crippen LogP contribution in [0, 0.1) is 61.7 Å². The van der Waals surface area contributed by atoms with Crippen LogP contribution in [-0.4, -0.2) is 13.2 Å². The first-order chi connectivity index (χ1) is 24.5. The second kappa shape index (κ2) is 26.1. The predicted octanol–water partition coefficient (Wildman–Crippen LogP) is 14.0. The molecule has 0 amide bonds. The van der Waals surface area contributed by atoms with E-state index in [2.05, 4.69) is 102 Å². The van der Waals surface area contributed by atoms with E-state index in [1.165, 1.54) is 131 Å². The molecule has 5 heteroatoms. The zero-order chi connectivity index (χ0) is 36.0. The molecule has 4 aliphatic rings. The van der Waals surface area contributed by atoms with Gasteiger partial charge in [-0.1, -0.05) is 165 Å². The van der Waals surface area contributed by atoms with Crippen LogP contribution in [0.2, 0.25) is 0 Å². The average Bonchev–Trinajstić information content (AvgIpc) is 3.58. The Morgan fingerprint density at radius 2 is 0.920 bits per heavy atom. The summed E-state index contributed by atoms with van der Waals surface area (Å²) in [5.74, 6) is 10.5. The minimum absolute atomic E-state index is 0.765. The summed E-state index contributed by atoms with van der Waals surface area (Å²) in [5.41, 5.74) is 2.40. The van der Waals surface area contributed by atoms with E-state index in [-0.39, 0.29) is 0 Å². The number of unbranched alkanes of at least 4 members (excludes halogenated alkanes) is 14. The molecule has 0 saturated heterocycles. The van der Waals surface area contributed by atoms with Crippen LogP contribution in [0.4, 0.5) is 0 Å². The Morgan fingerprint density at radius 1 is 0.540 bits per heavy atom. The molecule has 0 unspecified atom stereocenters. The molecule has 1 saturated carbocycles. The normalized spacial score (nSPS) is 17.5. The van der Waals surface area contributed by atoms with E-state index >= 15 is 0 Å². The van der Waals surface area contributed by atoms with Gasteiger partial charge in [0.1, 0.15) is 0 Å². The number of ether oxygens (including phenoxy) is 2. The third kappa shape index (κ3) is 14.6. The van der Waals surface area contributed by atoms with Crippen molar-refractivity contribution in [2.45, 2.75) is 124 Å². The van der Waals surface area contributed by atoms with Crippen molar-refractivity contribution in [1.82, 2.24) is 0 Å². The monoisotopic (exact) mass is 792 g/mol. The Labute approximate surface area is 327 Å². The number of fused-ring (bicyclic) bond motifs is 4. The third-order valence-electron chi connectivity index (χ3n) is 9.59. The summed E-state index contributed by atoms with van der Waals surface area (Å²) >= 11 is -0.826. The van der Waals surface area contributed by atoms with Gasteiger partial charge in [0.25, 0.3) is 0 Å². The van der Waals surface area contributed by atoms with E-state index in [1.807, 2.05) is 0 Å². The number of halogens is 2. The van der Waals surface area contributed by atoms with E-state index < -0.39 is 20.8 Å². The molecule has 1 aromatic rings. The van der Waals surface area contributed by atoms with Gasteiger partial charge in [-0.25, -0.2) is 0 Å². The van der Waals surface area contributed by atoms with Crippen LogP contribution in [0.5, 0.6) is 11.5 Å². The van der Waals surface area contributed by atoms with Gasteiger partial charge in [-0.15, -0.1) is 5.92 Å². The van der Waals surface area contributed by atoms with E-state index in [0.717, 1.165) is 49.4 Å². The van der Waals surface area contributed by atoms with E-state index in [1.54, 1.807) is 0 Å². The fourth-order valence-electron chi connectivity index (χ4n) is 6.66. The molecule has 1 aromatic carbocycles. The molecule has 0 N–H and O–H groups in total. The molecule has 0 heterocycles. The van der Waals surface area contributed by atoms with Crippen LogP contribution < -0.4 is 9.47 Å². The summed E-state index contributed by atoms with van der Waals surface area (Å²) in [4.78, 5) is 0. The first kappa shape index (κ1) is 43.6. The summed E-state index contributed by atoms with van der Waals surface area (Å²) in [6.07, 6.45) is 40.1. The number of benzene rings is 1. The molecule has 270 valence electrons. The van der Waals surface area contributed by atoms with Gasteiger partial charge in [0, 0.05) is 11.8 Å². The van der Waals surface area contributed by atoms with Gasteiger partial charge in [-0.3, -0.25) is 0 Å². The minimum atomic E-state index is -0.826. The SMILES string of the molecule is [CH2-][C]1[C](C)[CH]c2cc(OCCCCCCCCCC)c(OCCCCCCCCCC)cc21.[CH2-][C]1[C]2C=CC=C[C]2[C]2C=CC=C[C]12.[Cl][Zr+2][Cl]. The molecule has 0 atom stereocenters. The van der Waals surface area contributed by atoms with Crippen LogP contribution in [0.3, 0.4) is 0 Å². The van der Waals surface area contributed by atoms with Crippen molar-refractivity contribution in [3.63, 3.8) is 0 Å². The van der Waals surface area contributed by atoms with Gasteiger partial charge in [0.05, 0.1) is 13.2 Å². The van der Waals surface area contributed by atoms with Crippen molar-refractivity contribution in [3.05, 3.63) is 134 Å². The first-order valence-corrected chi connectivity index (χ1v) is 25.5. The number of hydrogen-bond donors (Lipinski definition) is 0. The molecular weight excluding hydrogens is 735 g/mol. The number of rotatable bonds is 20. The summed E-state index contributed by atoms with van der Waals surface area (Å²) in [5, 5.41) is 0. The van der Waals surface area contributed by atoms with Crippen molar-refractivity contribution < 1.29 is 30.3 Å². The Balaban J connectivity index is 0.000000323. The van der Waals surface area contributed by atoms with Gasteiger partial charge in [-0.2, -0.15) is 5.92 Å². The maximum absolute atomic E-state index is 6.23. The van der Waals surface area contributed by atoms with Crippen LogP contribution in [0.15, 0.2) is 60.7 Å². The zero-order valence-electron chi connectivity index (χ0n) is 31.1. The molecule has 0 spiro atoms. The van der Waals surface area contributed by atoms with Crippen molar-refractivity contribution >= 4 is 17.0 Å². The molecular formula is C45H60Cl2O2Zr. The molecule has 0 aromatic heterocycles. The Bertz CT molecular complexity index is 1140. The van der Waals surface area contributed by atoms with Crippen molar-refractivity contribution in [2.75, 3.05) is 13.2 Å². The van der Waals surface area contributed by atoms with Gasteiger partial charge in [0.2, 0.25) is 0 Å². The van der Waals surface area contributed by atoms with Crippen molar-refractivity contribution in [1.29, 1.82) is 0 Å². The van der Waals surface area contributed by atoms with E-state index in [9.17, 15) is 0 Å². The maximum atomic E-state index is 6.23. The molecule has 4 aliphatic carbocycles. The van der Waals surface area contributed by atoms with Gasteiger partial charge < -0.3 is 23.3 Å². The van der Waals surface area contributed by atoms with Gasteiger partial charge in [-0.05, 0) is 54.7 Å². The van der Waals surface area contributed by atoms with Crippen molar-refractivity contribution in [2.24, 2.45) is 0 Å². The van der Waals surface area contributed by atoms with Crippen LogP contribution in [-0.2, 0) is 20.8 Å². The summed E-state index contributed by atoms with van der Waals surface area (Å²) in [6, 6.07) is 4.31. The number of hydrogen-bond acceptors (Lipinski definition) is 2. The van der Waals surface area contributed by atoms with Crippen LogP contribution >= 0.6 is 17.0 Å². The standard InChI is InChI=1S/C31H50O2.C14H10.2ClH.Zr/c1-5-7-9-11-13-15-17-19-21-32-30-24-28-23-26(3)27(4)29(28)25-31(30)33-22-20-18-16-14-12-10-8-6-2;1-10-11-6-2-4-8-13(11)14-9-5-3-7-12(10)14;;;/h23-25H,4-22H2,1-3H3;2-9H,1H2;2*1H;/q2*-1;;;+4/p-2. The van der Waals surface area contributed by atoms with E-state index in [0.29, 0.717) is 0 Å². The Morgan fingerprint density at radius 3 is 1.36 bits per heavy atom. The van der Waals surface area contributed by atoms with Gasteiger partial charge in [0.15, 0.2) is 11.5 Å². The Kier molecular flexibility index (Phi) is 22.8. The first-order valence-electron chi connectivity index (χ1n) is 19.1. The Hall–Kier alpha value is -0.757. The third-order valence-corrected chi connectivity index (χ3v) is 9.59. The molecule has 2 nitrogen and oxygen atoms in total. The van der Waals surface area contributed by atoms with Crippen molar-refractivity contribution in [3.8, 4) is 11.5 Å². The average molecular weight is 795 g/mol. The molecule has 8 radical (unpaired) electrons. The summed E-state index contributed by atoms with van der Waals surface area (Å²) < 4.78 is 12.5. The van der Waals surface area contributed by atoms with E-state index in [4.69, 9.17) is 26.5 Å². The fraction of sp³-hybridized carbons (Fsp3) is 0.467. The quantitative estimate of drug-likeness (QED) is 0.0967. The fourth-order valence-corrected chi connectivity index (χ4v) is 6.66. The zero-order valence-corrected chi connectivity index (χ0v) is 35.0. The summed E-state index contributed by atoms with van der Waals surface area (Å²) in [7, 11) is 9.87. The second-order valence-electron chi connectivity index (χ2n) is 13.5. The van der Waals surface area contributed by atoms with Crippen LogP contribution in [0.25, 0.3) is 0 Å². The van der Waals surface area contributed by atoms with Crippen LogP contribution in [0.1, 0.15) is 135 Å². The molecule has 1 fully saturated rings. The molecule has 0 aliphatic heterocycles. The van der Waals surface area contributed by atoms with Gasteiger partial charge >= 0.3 is 37.9 Å². The molecule has 5 rings (SSSR count). The molecule has 0 bridgehead atoms. The topological polar surface area (TPSA) is 18.5 Å². The number of allylic oxidation sites excluding steroid dienone is 8. The predicted molar refractivity (Wildman–Crippen MR) is 213 cm³/mol. The second-order valence-corrected chi connectivity index (χ2v) is 17.2. The molecule has 50 heavy (non-hydrogen) atoms.